The zero-order valence-corrected chi connectivity index (χ0v) is 10.8. The molecule has 0 radical (unpaired) electrons. The van der Waals surface area contributed by atoms with Crippen LogP contribution in [0.5, 0.6) is 0 Å². The highest BCUT2D eigenvalue weighted by atomic mass is 15.1. The predicted molar refractivity (Wildman–Crippen MR) is 72.2 cm³/mol. The molecule has 1 heterocycles. The molecule has 1 aromatic heterocycles. The van der Waals surface area contributed by atoms with Crippen LogP contribution >= 0.6 is 0 Å². The van der Waals surface area contributed by atoms with Gasteiger partial charge in [0.25, 0.3) is 0 Å². The van der Waals surface area contributed by atoms with Gasteiger partial charge in [-0.3, -0.25) is 0 Å². The molecule has 4 heteroatoms. The van der Waals surface area contributed by atoms with E-state index in [1.54, 1.807) is 0 Å². The molecule has 94 valence electrons. The lowest BCUT2D eigenvalue weighted by molar-refractivity contribution is 0.522. The van der Waals surface area contributed by atoms with E-state index in [1.807, 2.05) is 31.2 Å². The summed E-state index contributed by atoms with van der Waals surface area (Å²) in [6.07, 6.45) is 1.03. The molecule has 1 aromatic carbocycles. The monoisotopic (exact) mass is 242 g/mol. The third-order valence-corrected chi connectivity index (χ3v) is 3.01. The Morgan fingerprint density at radius 3 is 2.94 bits per heavy atom. The van der Waals surface area contributed by atoms with Crippen molar-refractivity contribution in [1.29, 1.82) is 5.26 Å². The maximum absolute atomic E-state index is 9.17. The normalized spacial score (nSPS) is 12.5. The summed E-state index contributed by atoms with van der Waals surface area (Å²) in [7, 11) is 0. The fraction of sp³-hybridized carbons (Fsp3) is 0.429. The van der Waals surface area contributed by atoms with Gasteiger partial charge in [0.15, 0.2) is 0 Å². The van der Waals surface area contributed by atoms with Crippen LogP contribution in [0, 0.1) is 18.3 Å². The van der Waals surface area contributed by atoms with Crippen LogP contribution in [-0.4, -0.2) is 22.1 Å². The third kappa shape index (κ3) is 2.52. The van der Waals surface area contributed by atoms with Crippen LogP contribution in [0.2, 0.25) is 0 Å². The van der Waals surface area contributed by atoms with E-state index in [-0.39, 0.29) is 6.04 Å². The highest BCUT2D eigenvalue weighted by Crippen LogP contribution is 2.15. The van der Waals surface area contributed by atoms with Crippen LogP contribution < -0.4 is 5.32 Å². The highest BCUT2D eigenvalue weighted by Gasteiger charge is 2.12. The minimum Gasteiger partial charge on any atom is -0.326 e. The molecule has 1 N–H and O–H groups in total. The number of rotatable bonds is 5. The molecular weight excluding hydrogens is 224 g/mol. The molecule has 0 fully saturated rings. The van der Waals surface area contributed by atoms with Crippen molar-refractivity contribution in [2.75, 3.05) is 6.54 Å². The molecule has 0 spiro atoms. The van der Waals surface area contributed by atoms with Crippen LogP contribution in [0.4, 0.5) is 0 Å². The van der Waals surface area contributed by atoms with E-state index in [0.717, 1.165) is 29.8 Å². The van der Waals surface area contributed by atoms with Crippen molar-refractivity contribution in [3.63, 3.8) is 0 Å². The first-order valence-electron chi connectivity index (χ1n) is 6.31. The first kappa shape index (κ1) is 12.6. The maximum atomic E-state index is 9.17. The van der Waals surface area contributed by atoms with E-state index in [1.165, 1.54) is 0 Å². The smallest absolute Gasteiger partial charge is 0.113 e. The standard InChI is InChI=1S/C14H18N4/c1-3-8-16-12(9-15)10-18-11(2)17-13-6-4-5-7-14(13)18/h4-7,12,16H,3,8,10H2,1-2H3. The topological polar surface area (TPSA) is 53.6 Å². The van der Waals surface area contributed by atoms with Crippen molar-refractivity contribution in [2.24, 2.45) is 0 Å². The number of para-hydroxylation sites is 2. The molecule has 18 heavy (non-hydrogen) atoms. The number of imidazole rings is 1. The Morgan fingerprint density at radius 2 is 2.22 bits per heavy atom. The number of benzene rings is 1. The Hall–Kier alpha value is -1.86. The van der Waals surface area contributed by atoms with Gasteiger partial charge in [-0.2, -0.15) is 5.26 Å². The summed E-state index contributed by atoms with van der Waals surface area (Å²) in [5, 5.41) is 12.4. The minimum absolute atomic E-state index is 0.166. The molecule has 1 atom stereocenters. The van der Waals surface area contributed by atoms with Crippen LogP contribution in [-0.2, 0) is 6.54 Å². The Morgan fingerprint density at radius 1 is 1.44 bits per heavy atom. The first-order valence-corrected chi connectivity index (χ1v) is 6.31. The van der Waals surface area contributed by atoms with Crippen LogP contribution in [0.15, 0.2) is 24.3 Å². The van der Waals surface area contributed by atoms with Gasteiger partial charge >= 0.3 is 0 Å². The van der Waals surface area contributed by atoms with Crippen LogP contribution in [0.1, 0.15) is 19.2 Å². The van der Waals surface area contributed by atoms with Crippen molar-refractivity contribution < 1.29 is 0 Å². The van der Waals surface area contributed by atoms with Gasteiger partial charge < -0.3 is 9.88 Å². The van der Waals surface area contributed by atoms with Gasteiger partial charge in [-0.15, -0.1) is 0 Å². The number of aromatic nitrogens is 2. The lowest BCUT2D eigenvalue weighted by Crippen LogP contribution is -2.32. The number of hydrogen-bond donors (Lipinski definition) is 1. The molecule has 0 bridgehead atoms. The molecule has 0 saturated heterocycles. The van der Waals surface area contributed by atoms with Gasteiger partial charge in [0.2, 0.25) is 0 Å². The third-order valence-electron chi connectivity index (χ3n) is 3.01. The van der Waals surface area contributed by atoms with Crippen molar-refractivity contribution in [3.05, 3.63) is 30.1 Å². The summed E-state index contributed by atoms with van der Waals surface area (Å²) in [5.41, 5.74) is 2.08. The molecular formula is C14H18N4. The number of aryl methyl sites for hydroxylation is 1. The van der Waals surface area contributed by atoms with Gasteiger partial charge in [-0.25, -0.2) is 4.98 Å². The second-order valence-electron chi connectivity index (χ2n) is 4.39. The molecule has 0 amide bonds. The zero-order valence-electron chi connectivity index (χ0n) is 10.8. The lowest BCUT2D eigenvalue weighted by atomic mass is 10.2. The fourth-order valence-electron chi connectivity index (χ4n) is 2.08. The molecule has 4 nitrogen and oxygen atoms in total. The Kier molecular flexibility index (Phi) is 3.96. The van der Waals surface area contributed by atoms with Crippen LogP contribution in [0.25, 0.3) is 11.0 Å². The summed E-state index contributed by atoms with van der Waals surface area (Å²) in [6, 6.07) is 10.2. The molecule has 0 saturated carbocycles. The number of fused-ring (bicyclic) bond motifs is 1. The summed E-state index contributed by atoms with van der Waals surface area (Å²) >= 11 is 0. The summed E-state index contributed by atoms with van der Waals surface area (Å²) < 4.78 is 2.10. The van der Waals surface area contributed by atoms with Gasteiger partial charge in [-0.05, 0) is 32.0 Å². The Balaban J connectivity index is 2.25. The Bertz CT molecular complexity index is 565. The SMILES string of the molecule is CCCNC(C#N)Cn1c(C)nc2ccccc21. The van der Waals surface area contributed by atoms with Crippen molar-refractivity contribution in [1.82, 2.24) is 14.9 Å². The van der Waals surface area contributed by atoms with Crippen molar-refractivity contribution >= 4 is 11.0 Å². The van der Waals surface area contributed by atoms with Gasteiger partial charge in [0, 0.05) is 0 Å². The quantitative estimate of drug-likeness (QED) is 0.874. The van der Waals surface area contributed by atoms with Crippen molar-refractivity contribution in [3.8, 4) is 6.07 Å². The van der Waals surface area contributed by atoms with Gasteiger partial charge in [0.1, 0.15) is 11.9 Å². The largest absolute Gasteiger partial charge is 0.326 e. The molecule has 0 aliphatic heterocycles. The minimum atomic E-state index is -0.166. The molecule has 1 unspecified atom stereocenters. The second-order valence-corrected chi connectivity index (χ2v) is 4.39. The number of nitrogens with one attached hydrogen (secondary N) is 1. The second kappa shape index (κ2) is 5.65. The van der Waals surface area contributed by atoms with E-state index in [2.05, 4.69) is 27.9 Å². The number of nitriles is 1. The fourth-order valence-corrected chi connectivity index (χ4v) is 2.08. The van der Waals surface area contributed by atoms with E-state index >= 15 is 0 Å². The average molecular weight is 242 g/mol. The zero-order chi connectivity index (χ0) is 13.0. The summed E-state index contributed by atoms with van der Waals surface area (Å²) in [5.74, 6) is 0.953. The van der Waals surface area contributed by atoms with E-state index in [4.69, 9.17) is 5.26 Å². The molecule has 0 aliphatic carbocycles. The molecule has 2 rings (SSSR count). The summed E-state index contributed by atoms with van der Waals surface area (Å²) in [4.78, 5) is 4.51. The number of hydrogen-bond acceptors (Lipinski definition) is 3. The van der Waals surface area contributed by atoms with Gasteiger partial charge in [0.05, 0.1) is 23.6 Å². The lowest BCUT2D eigenvalue weighted by Gasteiger charge is -2.13. The highest BCUT2D eigenvalue weighted by molar-refractivity contribution is 5.75. The molecule has 0 aliphatic rings. The van der Waals surface area contributed by atoms with Crippen LogP contribution in [0.3, 0.4) is 0 Å². The van der Waals surface area contributed by atoms with Gasteiger partial charge in [-0.1, -0.05) is 19.1 Å². The average Bonchev–Trinajstić information content (AvgIpc) is 2.70. The van der Waals surface area contributed by atoms with Crippen molar-refractivity contribution in [2.45, 2.75) is 32.9 Å². The predicted octanol–water partition coefficient (Wildman–Crippen LogP) is 2.24. The van der Waals surface area contributed by atoms with E-state index in [0.29, 0.717) is 6.54 Å². The van der Waals surface area contributed by atoms with E-state index in [9.17, 15) is 0 Å². The number of nitrogens with zero attached hydrogens (tertiary/aromatic N) is 3. The maximum Gasteiger partial charge on any atom is 0.113 e. The molecule has 2 aromatic rings. The summed E-state index contributed by atoms with van der Waals surface area (Å²) in [6.45, 7) is 5.58. The first-order chi connectivity index (χ1) is 8.76. The Labute approximate surface area is 107 Å². The van der Waals surface area contributed by atoms with E-state index < -0.39 is 0 Å².